The molecule has 0 unspecified atom stereocenters. The fraction of sp³-hybridized carbons (Fsp3) is 0.150. The predicted molar refractivity (Wildman–Crippen MR) is 103 cm³/mol. The molecule has 0 radical (unpaired) electrons. The van der Waals surface area contributed by atoms with Crippen molar-refractivity contribution in [2.45, 2.75) is 13.0 Å². The molecule has 3 aromatic rings. The average Bonchev–Trinajstić information content (AvgIpc) is 3.12. The molecule has 6 heteroatoms. The van der Waals surface area contributed by atoms with E-state index in [1.807, 2.05) is 36.4 Å². The van der Waals surface area contributed by atoms with Gasteiger partial charge < -0.3 is 19.5 Å². The summed E-state index contributed by atoms with van der Waals surface area (Å²) in [5, 5.41) is 4.97. The molecule has 1 N–H and O–H groups in total. The van der Waals surface area contributed by atoms with E-state index in [1.165, 1.54) is 0 Å². The quantitative estimate of drug-likeness (QED) is 0.670. The van der Waals surface area contributed by atoms with Crippen LogP contribution in [0, 0.1) is 0 Å². The van der Waals surface area contributed by atoms with Crippen molar-refractivity contribution in [2.75, 3.05) is 12.1 Å². The van der Waals surface area contributed by atoms with E-state index in [-0.39, 0.29) is 12.7 Å². The van der Waals surface area contributed by atoms with Crippen LogP contribution in [-0.4, -0.2) is 18.8 Å². The smallest absolute Gasteiger partial charge is 0.265 e. The molecule has 5 nitrogen and oxygen atoms in total. The molecule has 1 heterocycles. The number of carbonyl (C=O) groups is 1. The zero-order valence-corrected chi connectivity index (χ0v) is 15.6. The second-order valence-corrected chi connectivity index (χ2v) is 6.71. The van der Waals surface area contributed by atoms with E-state index in [2.05, 4.69) is 21.2 Å². The zero-order chi connectivity index (χ0) is 18.1. The van der Waals surface area contributed by atoms with Gasteiger partial charge in [0.15, 0.2) is 17.6 Å². The highest BCUT2D eigenvalue weighted by Gasteiger charge is 2.19. The topological polar surface area (TPSA) is 56.8 Å². The van der Waals surface area contributed by atoms with Crippen molar-refractivity contribution in [2.24, 2.45) is 0 Å². The lowest BCUT2D eigenvalue weighted by molar-refractivity contribution is -0.122. The van der Waals surface area contributed by atoms with E-state index >= 15 is 0 Å². The molecule has 1 aliphatic heterocycles. The highest BCUT2D eigenvalue weighted by molar-refractivity contribution is 9.10. The second-order valence-electron chi connectivity index (χ2n) is 5.92. The Hall–Kier alpha value is -2.73. The standard InChI is InChI=1S/C20H16BrNO4/c1-12(20(23)22-14-7-9-16-18(10-14)25-11-24-16)26-17-8-6-13-4-2-3-5-15(13)19(17)21/h2-10,12H,11H2,1H3,(H,22,23)/t12-/m0/s1. The Morgan fingerprint density at radius 3 is 2.81 bits per heavy atom. The number of anilines is 1. The average molecular weight is 414 g/mol. The summed E-state index contributed by atoms with van der Waals surface area (Å²) >= 11 is 3.57. The first-order chi connectivity index (χ1) is 12.6. The number of halogens is 1. The second kappa shape index (κ2) is 6.88. The number of nitrogens with one attached hydrogen (secondary N) is 1. The summed E-state index contributed by atoms with van der Waals surface area (Å²) in [5.41, 5.74) is 0.632. The van der Waals surface area contributed by atoms with Crippen LogP contribution in [0.4, 0.5) is 5.69 Å². The van der Waals surface area contributed by atoms with Gasteiger partial charge in [-0.05, 0) is 51.8 Å². The highest BCUT2D eigenvalue weighted by Crippen LogP contribution is 2.35. The summed E-state index contributed by atoms with van der Waals surface area (Å²) < 4.78 is 17.3. The summed E-state index contributed by atoms with van der Waals surface area (Å²) in [6.07, 6.45) is -0.669. The Balaban J connectivity index is 1.48. The maximum atomic E-state index is 12.5. The maximum absolute atomic E-state index is 12.5. The van der Waals surface area contributed by atoms with Gasteiger partial charge in [-0.3, -0.25) is 4.79 Å². The molecule has 0 aromatic heterocycles. The van der Waals surface area contributed by atoms with Gasteiger partial charge in [0.05, 0.1) is 4.47 Å². The van der Waals surface area contributed by atoms with Crippen molar-refractivity contribution in [1.29, 1.82) is 0 Å². The van der Waals surface area contributed by atoms with Gasteiger partial charge in [-0.15, -0.1) is 0 Å². The molecule has 0 saturated carbocycles. The third-order valence-electron chi connectivity index (χ3n) is 4.14. The van der Waals surface area contributed by atoms with Crippen LogP contribution in [0.3, 0.4) is 0 Å². The number of amides is 1. The summed E-state index contributed by atoms with van der Waals surface area (Å²) in [5.74, 6) is 1.67. The molecule has 1 aliphatic rings. The van der Waals surface area contributed by atoms with Crippen LogP contribution >= 0.6 is 15.9 Å². The number of ether oxygens (including phenoxy) is 3. The van der Waals surface area contributed by atoms with Crippen molar-refractivity contribution in [3.8, 4) is 17.2 Å². The number of fused-ring (bicyclic) bond motifs is 2. The molecule has 3 aromatic carbocycles. The van der Waals surface area contributed by atoms with Crippen molar-refractivity contribution in [3.05, 3.63) is 59.1 Å². The lowest BCUT2D eigenvalue weighted by atomic mass is 10.1. The van der Waals surface area contributed by atoms with Gasteiger partial charge in [0, 0.05) is 11.8 Å². The minimum absolute atomic E-state index is 0.197. The van der Waals surface area contributed by atoms with Crippen molar-refractivity contribution in [3.63, 3.8) is 0 Å². The van der Waals surface area contributed by atoms with E-state index in [9.17, 15) is 4.79 Å². The Labute approximate surface area is 159 Å². The van der Waals surface area contributed by atoms with Crippen LogP contribution < -0.4 is 19.5 Å². The number of rotatable bonds is 4. The van der Waals surface area contributed by atoms with E-state index in [1.54, 1.807) is 25.1 Å². The van der Waals surface area contributed by atoms with Crippen molar-refractivity contribution < 1.29 is 19.0 Å². The van der Waals surface area contributed by atoms with E-state index in [4.69, 9.17) is 14.2 Å². The van der Waals surface area contributed by atoms with Crippen molar-refractivity contribution in [1.82, 2.24) is 0 Å². The number of hydrogen-bond acceptors (Lipinski definition) is 4. The Kier molecular flexibility index (Phi) is 4.42. The molecular formula is C20H16BrNO4. The van der Waals surface area contributed by atoms with Gasteiger partial charge in [-0.25, -0.2) is 0 Å². The molecule has 4 rings (SSSR count). The zero-order valence-electron chi connectivity index (χ0n) is 14.0. The third kappa shape index (κ3) is 3.20. The van der Waals surface area contributed by atoms with Crippen LogP contribution in [0.2, 0.25) is 0 Å². The minimum atomic E-state index is -0.669. The molecule has 1 amide bonds. The fourth-order valence-corrected chi connectivity index (χ4v) is 3.35. The summed E-state index contributed by atoms with van der Waals surface area (Å²) in [7, 11) is 0. The van der Waals surface area contributed by atoms with Crippen LogP contribution in [0.25, 0.3) is 10.8 Å². The Morgan fingerprint density at radius 1 is 1.12 bits per heavy atom. The molecule has 0 bridgehead atoms. The lowest BCUT2D eigenvalue weighted by Crippen LogP contribution is -2.30. The molecule has 1 atom stereocenters. The fourth-order valence-electron chi connectivity index (χ4n) is 2.77. The van der Waals surface area contributed by atoms with Gasteiger partial charge in [0.25, 0.3) is 5.91 Å². The van der Waals surface area contributed by atoms with Gasteiger partial charge >= 0.3 is 0 Å². The van der Waals surface area contributed by atoms with Crippen LogP contribution in [0.15, 0.2) is 59.1 Å². The van der Waals surface area contributed by atoms with Gasteiger partial charge in [-0.2, -0.15) is 0 Å². The summed E-state index contributed by atoms with van der Waals surface area (Å²) in [4.78, 5) is 12.5. The molecule has 0 aliphatic carbocycles. The molecule has 0 saturated heterocycles. The van der Waals surface area contributed by atoms with Crippen LogP contribution in [0.1, 0.15) is 6.92 Å². The molecule has 26 heavy (non-hydrogen) atoms. The maximum Gasteiger partial charge on any atom is 0.265 e. The van der Waals surface area contributed by atoms with E-state index in [0.717, 1.165) is 15.2 Å². The molecule has 0 fully saturated rings. The molecule has 0 spiro atoms. The first-order valence-corrected chi connectivity index (χ1v) is 8.95. The first kappa shape index (κ1) is 16.7. The predicted octanol–water partition coefficient (Wildman–Crippen LogP) is 4.74. The van der Waals surface area contributed by atoms with Gasteiger partial charge in [-0.1, -0.05) is 30.3 Å². The molecule has 132 valence electrons. The number of carbonyl (C=O) groups excluding carboxylic acids is 1. The first-order valence-electron chi connectivity index (χ1n) is 8.16. The Bertz CT molecular complexity index is 989. The lowest BCUT2D eigenvalue weighted by Gasteiger charge is -2.17. The van der Waals surface area contributed by atoms with E-state index in [0.29, 0.717) is 22.9 Å². The number of hydrogen-bond donors (Lipinski definition) is 1. The molecular weight excluding hydrogens is 398 g/mol. The van der Waals surface area contributed by atoms with Crippen LogP contribution in [0.5, 0.6) is 17.2 Å². The normalized spacial score (nSPS) is 13.5. The van der Waals surface area contributed by atoms with Crippen LogP contribution in [-0.2, 0) is 4.79 Å². The number of benzene rings is 3. The van der Waals surface area contributed by atoms with E-state index < -0.39 is 6.10 Å². The van der Waals surface area contributed by atoms with Gasteiger partial charge in [0.2, 0.25) is 6.79 Å². The SMILES string of the molecule is C[C@H](Oc1ccc2ccccc2c1Br)C(=O)Nc1ccc2c(c1)OCO2. The third-order valence-corrected chi connectivity index (χ3v) is 4.96. The summed E-state index contributed by atoms with van der Waals surface area (Å²) in [6.45, 7) is 1.91. The summed E-state index contributed by atoms with van der Waals surface area (Å²) in [6, 6.07) is 17.1. The van der Waals surface area contributed by atoms with Gasteiger partial charge in [0.1, 0.15) is 5.75 Å². The largest absolute Gasteiger partial charge is 0.480 e. The Morgan fingerprint density at radius 2 is 1.92 bits per heavy atom. The monoisotopic (exact) mass is 413 g/mol. The van der Waals surface area contributed by atoms with Crippen molar-refractivity contribution >= 4 is 38.3 Å². The minimum Gasteiger partial charge on any atom is -0.480 e. The highest BCUT2D eigenvalue weighted by atomic mass is 79.9.